The molecule has 0 fully saturated rings. The molecule has 2 heterocycles. The number of aliphatic carboxylic acids is 1. The number of benzene rings is 2. The average Bonchev–Trinajstić information content (AvgIpc) is 2.74. The van der Waals surface area contributed by atoms with Gasteiger partial charge in [-0.2, -0.15) is 0 Å². The van der Waals surface area contributed by atoms with Gasteiger partial charge in [0.2, 0.25) is 0 Å². The van der Waals surface area contributed by atoms with Crippen molar-refractivity contribution < 1.29 is 37.8 Å². The van der Waals surface area contributed by atoms with Crippen LogP contribution < -0.4 is 0 Å². The summed E-state index contributed by atoms with van der Waals surface area (Å²) in [6.07, 6.45) is -0.0525. The third-order valence-corrected chi connectivity index (χ3v) is 8.13. The standard InChI is InChI=1S/C11H8BrFO3S.C10H6BrFO3S/c1-16-11(15)9-4-8(14)6-2-5(12)3-7(13)10(6)17-9;11-4-1-5-7(13)3-8(10(14)15)16-9(5)6(12)2-4/h2-3,9H,4H2,1H3;1-2,8H,3H2,(H,14,15). The summed E-state index contributed by atoms with van der Waals surface area (Å²) in [5.41, 5.74) is 0.580. The van der Waals surface area contributed by atoms with Crippen molar-refractivity contribution in [2.75, 3.05) is 7.11 Å². The molecule has 0 spiro atoms. The highest BCUT2D eigenvalue weighted by molar-refractivity contribution is 9.10. The fraction of sp³-hybridized carbons (Fsp3) is 0.238. The van der Waals surface area contributed by atoms with E-state index in [0.717, 1.165) is 23.5 Å². The second kappa shape index (κ2) is 10.7. The maximum atomic E-state index is 13.7. The highest BCUT2D eigenvalue weighted by Gasteiger charge is 2.34. The predicted molar refractivity (Wildman–Crippen MR) is 125 cm³/mol. The van der Waals surface area contributed by atoms with Crippen molar-refractivity contribution in [3.8, 4) is 0 Å². The van der Waals surface area contributed by atoms with Crippen molar-refractivity contribution in [1.82, 2.24) is 0 Å². The maximum Gasteiger partial charge on any atom is 0.319 e. The van der Waals surface area contributed by atoms with Gasteiger partial charge in [-0.05, 0) is 24.3 Å². The molecule has 0 amide bonds. The van der Waals surface area contributed by atoms with Crippen LogP contribution in [-0.2, 0) is 14.3 Å². The smallest absolute Gasteiger partial charge is 0.319 e. The Bertz CT molecular complexity index is 1170. The van der Waals surface area contributed by atoms with Gasteiger partial charge in [0.25, 0.3) is 0 Å². The lowest BCUT2D eigenvalue weighted by atomic mass is 10.1. The Morgan fingerprint density at radius 1 is 0.909 bits per heavy atom. The molecular formula is C21H14Br2F2O6S2. The number of ether oxygens (including phenoxy) is 1. The molecule has 0 radical (unpaired) electrons. The van der Waals surface area contributed by atoms with Gasteiger partial charge in [0.1, 0.15) is 22.1 Å². The summed E-state index contributed by atoms with van der Waals surface area (Å²) in [5, 5.41) is 7.27. The number of carboxylic acid groups (broad SMARTS) is 1. The molecular weight excluding hydrogens is 610 g/mol. The van der Waals surface area contributed by atoms with Crippen LogP contribution in [0.4, 0.5) is 8.78 Å². The molecule has 6 nitrogen and oxygen atoms in total. The molecule has 174 valence electrons. The summed E-state index contributed by atoms with van der Waals surface area (Å²) in [4.78, 5) is 46.0. The van der Waals surface area contributed by atoms with Gasteiger partial charge in [0.15, 0.2) is 11.6 Å². The monoisotopic (exact) mass is 622 g/mol. The number of hydrogen-bond donors (Lipinski definition) is 1. The lowest BCUT2D eigenvalue weighted by Crippen LogP contribution is -2.26. The second-order valence-corrected chi connectivity index (χ2v) is 11.1. The SMILES string of the molecule is COC(=O)C1CC(=O)c2cc(Br)cc(F)c2S1.O=C1CC(C(=O)O)Sc2c(F)cc(Br)cc21. The molecule has 12 heteroatoms. The number of rotatable bonds is 2. The van der Waals surface area contributed by atoms with Crippen LogP contribution in [-0.4, -0.2) is 46.2 Å². The summed E-state index contributed by atoms with van der Waals surface area (Å²) in [7, 11) is 1.25. The summed E-state index contributed by atoms with van der Waals surface area (Å²) in [5.74, 6) is -3.23. The zero-order chi connectivity index (χ0) is 24.4. The molecule has 2 aromatic rings. The van der Waals surface area contributed by atoms with Crippen LogP contribution in [0.2, 0.25) is 0 Å². The number of Topliss-reactive ketones (excluding diaryl/α,β-unsaturated/α-hetero) is 2. The number of carbonyl (C=O) groups excluding carboxylic acids is 3. The fourth-order valence-electron chi connectivity index (χ4n) is 3.10. The second-order valence-electron chi connectivity index (χ2n) is 6.86. The number of thioether (sulfide) groups is 2. The molecule has 0 saturated heterocycles. The molecule has 0 saturated carbocycles. The van der Waals surface area contributed by atoms with Crippen molar-refractivity contribution in [1.29, 1.82) is 0 Å². The molecule has 4 rings (SSSR count). The van der Waals surface area contributed by atoms with E-state index in [1.807, 2.05) is 0 Å². The topological polar surface area (TPSA) is 97.7 Å². The summed E-state index contributed by atoms with van der Waals surface area (Å²) in [6, 6.07) is 5.59. The molecule has 0 bridgehead atoms. The van der Waals surface area contributed by atoms with E-state index in [1.165, 1.54) is 25.3 Å². The van der Waals surface area contributed by atoms with Crippen LogP contribution in [0.5, 0.6) is 0 Å². The van der Waals surface area contributed by atoms with E-state index in [1.54, 1.807) is 6.07 Å². The molecule has 2 aromatic carbocycles. The van der Waals surface area contributed by atoms with Gasteiger partial charge in [0.05, 0.1) is 16.9 Å². The highest BCUT2D eigenvalue weighted by Crippen LogP contribution is 2.40. The van der Waals surface area contributed by atoms with Crippen molar-refractivity contribution >= 4 is 78.9 Å². The normalized spacial score (nSPS) is 19.1. The number of methoxy groups -OCH3 is 1. The summed E-state index contributed by atoms with van der Waals surface area (Å²) in [6.45, 7) is 0. The van der Waals surface area contributed by atoms with Crippen molar-refractivity contribution in [2.24, 2.45) is 0 Å². The van der Waals surface area contributed by atoms with Crippen LogP contribution in [0, 0.1) is 11.6 Å². The predicted octanol–water partition coefficient (Wildman–Crippen LogP) is 5.53. The molecule has 33 heavy (non-hydrogen) atoms. The highest BCUT2D eigenvalue weighted by atomic mass is 79.9. The Labute approximate surface area is 212 Å². The first-order chi connectivity index (χ1) is 15.5. The molecule has 1 N–H and O–H groups in total. The van der Waals surface area contributed by atoms with E-state index in [2.05, 4.69) is 36.6 Å². The fourth-order valence-corrected chi connectivity index (χ4v) is 6.23. The first kappa shape index (κ1) is 25.9. The van der Waals surface area contributed by atoms with Crippen molar-refractivity contribution in [2.45, 2.75) is 33.1 Å². The Balaban J connectivity index is 0.000000186. The largest absolute Gasteiger partial charge is 0.480 e. The summed E-state index contributed by atoms with van der Waals surface area (Å²) >= 11 is 8.15. The minimum absolute atomic E-state index is 0.0419. The van der Waals surface area contributed by atoms with Crippen LogP contribution in [0.15, 0.2) is 43.0 Å². The van der Waals surface area contributed by atoms with E-state index >= 15 is 0 Å². The van der Waals surface area contributed by atoms with E-state index in [0.29, 0.717) is 14.5 Å². The minimum atomic E-state index is -1.09. The lowest BCUT2D eigenvalue weighted by Gasteiger charge is -2.21. The number of esters is 1. The van der Waals surface area contributed by atoms with Gasteiger partial charge in [-0.1, -0.05) is 31.9 Å². The molecule has 0 aliphatic carbocycles. The number of hydrogen-bond acceptors (Lipinski definition) is 7. The third-order valence-electron chi connectivity index (χ3n) is 4.62. The molecule has 2 unspecified atom stereocenters. The van der Waals surface area contributed by atoms with Crippen molar-refractivity contribution in [3.63, 3.8) is 0 Å². The Kier molecular flexibility index (Phi) is 8.35. The maximum absolute atomic E-state index is 13.7. The average molecular weight is 624 g/mol. The van der Waals surface area contributed by atoms with Crippen LogP contribution in [0.25, 0.3) is 0 Å². The molecule has 2 aliphatic heterocycles. The van der Waals surface area contributed by atoms with Crippen molar-refractivity contribution in [3.05, 3.63) is 56.0 Å². The van der Waals surface area contributed by atoms with Gasteiger partial charge in [-0.15, -0.1) is 23.5 Å². The number of ketones is 2. The Hall–Kier alpha value is -1.76. The van der Waals surface area contributed by atoms with Gasteiger partial charge in [-0.25, -0.2) is 8.78 Å². The molecule has 2 atom stereocenters. The van der Waals surface area contributed by atoms with E-state index in [4.69, 9.17) is 5.11 Å². The first-order valence-electron chi connectivity index (χ1n) is 9.20. The zero-order valence-electron chi connectivity index (χ0n) is 16.7. The number of carboxylic acids is 1. The van der Waals surface area contributed by atoms with Crippen LogP contribution in [0.1, 0.15) is 33.6 Å². The lowest BCUT2D eigenvalue weighted by molar-refractivity contribution is -0.140. The van der Waals surface area contributed by atoms with Crippen LogP contribution >= 0.6 is 55.4 Å². The zero-order valence-corrected chi connectivity index (χ0v) is 21.5. The van der Waals surface area contributed by atoms with E-state index in [-0.39, 0.29) is 39.8 Å². The Morgan fingerprint density at radius 2 is 1.33 bits per heavy atom. The quantitative estimate of drug-likeness (QED) is 0.436. The minimum Gasteiger partial charge on any atom is -0.480 e. The number of fused-ring (bicyclic) bond motifs is 2. The van der Waals surface area contributed by atoms with Gasteiger partial charge >= 0.3 is 11.9 Å². The van der Waals surface area contributed by atoms with Crippen LogP contribution in [0.3, 0.4) is 0 Å². The first-order valence-corrected chi connectivity index (χ1v) is 12.5. The summed E-state index contributed by atoms with van der Waals surface area (Å²) < 4.78 is 32.8. The van der Waals surface area contributed by atoms with E-state index in [9.17, 15) is 28.0 Å². The Morgan fingerprint density at radius 3 is 1.76 bits per heavy atom. The van der Waals surface area contributed by atoms with E-state index < -0.39 is 34.1 Å². The number of halogens is 4. The number of carbonyl (C=O) groups is 4. The molecule has 0 aromatic heterocycles. The van der Waals surface area contributed by atoms with Gasteiger partial charge < -0.3 is 9.84 Å². The third kappa shape index (κ3) is 5.84. The van der Waals surface area contributed by atoms with Gasteiger partial charge in [0, 0.05) is 32.9 Å². The molecule has 2 aliphatic rings. The van der Waals surface area contributed by atoms with Gasteiger partial charge in [-0.3, -0.25) is 19.2 Å².